The van der Waals surface area contributed by atoms with E-state index in [1.54, 1.807) is 12.3 Å². The number of benzene rings is 1. The number of para-hydroxylation sites is 1. The lowest BCUT2D eigenvalue weighted by molar-refractivity contribution is 0.300. The Morgan fingerprint density at radius 2 is 2.29 bits per heavy atom. The van der Waals surface area contributed by atoms with E-state index in [-0.39, 0.29) is 0 Å². The number of likely N-dealkylation sites (tertiary alicyclic amines) is 1. The van der Waals surface area contributed by atoms with Crippen LogP contribution in [0.25, 0.3) is 0 Å². The average molecular weight is 232 g/mol. The fraction of sp³-hybridized carbons (Fsp3) is 0.500. The van der Waals surface area contributed by atoms with Gasteiger partial charge >= 0.3 is 0 Å². The van der Waals surface area contributed by atoms with Gasteiger partial charge in [0.15, 0.2) is 0 Å². The van der Waals surface area contributed by atoms with Gasteiger partial charge in [0.05, 0.1) is 0 Å². The molecule has 1 N–H and O–H groups in total. The molecule has 1 atom stereocenters. The molecule has 2 rings (SSSR count). The molecule has 0 radical (unpaired) electrons. The van der Waals surface area contributed by atoms with E-state index in [1.807, 2.05) is 18.2 Å². The topological polar surface area (TPSA) is 35.8 Å². The smallest absolute Gasteiger partial charge is 0.124 e. The Labute approximate surface area is 103 Å². The zero-order chi connectivity index (χ0) is 12.1. The second kappa shape index (κ2) is 5.82. The first-order valence-corrected chi connectivity index (χ1v) is 6.25. The van der Waals surface area contributed by atoms with Gasteiger partial charge in [-0.1, -0.05) is 12.1 Å². The summed E-state index contributed by atoms with van der Waals surface area (Å²) in [5.41, 5.74) is 0.798. The van der Waals surface area contributed by atoms with Crippen LogP contribution in [0, 0.1) is 0 Å². The highest BCUT2D eigenvalue weighted by Gasteiger charge is 2.19. The Morgan fingerprint density at radius 1 is 1.47 bits per heavy atom. The molecule has 92 valence electrons. The Balaban J connectivity index is 1.80. The number of rotatable bonds is 4. The van der Waals surface area contributed by atoms with Crippen LogP contribution in [0.5, 0.6) is 5.75 Å². The van der Waals surface area contributed by atoms with E-state index < -0.39 is 0 Å². The van der Waals surface area contributed by atoms with Crippen molar-refractivity contribution < 1.29 is 5.11 Å². The van der Waals surface area contributed by atoms with Crippen LogP contribution in [0.2, 0.25) is 0 Å². The number of aliphatic imine (C=N–C) groups is 1. The van der Waals surface area contributed by atoms with Crippen LogP contribution < -0.4 is 0 Å². The molecule has 3 heteroatoms. The summed E-state index contributed by atoms with van der Waals surface area (Å²) in [6.07, 6.45) is 5.48. The summed E-state index contributed by atoms with van der Waals surface area (Å²) in [4.78, 5) is 6.80. The van der Waals surface area contributed by atoms with Gasteiger partial charge in [-0.15, -0.1) is 0 Å². The molecule has 0 aliphatic carbocycles. The van der Waals surface area contributed by atoms with E-state index in [0.29, 0.717) is 11.8 Å². The SMILES string of the molecule is CN1CCCC1CCN=Cc1ccccc1O. The summed E-state index contributed by atoms with van der Waals surface area (Å²) in [7, 11) is 2.18. The fourth-order valence-electron chi connectivity index (χ4n) is 2.33. The van der Waals surface area contributed by atoms with Gasteiger partial charge in [-0.05, 0) is 45.0 Å². The van der Waals surface area contributed by atoms with Gasteiger partial charge in [0, 0.05) is 24.4 Å². The highest BCUT2D eigenvalue weighted by atomic mass is 16.3. The molecule has 0 spiro atoms. The van der Waals surface area contributed by atoms with E-state index in [4.69, 9.17) is 0 Å². The maximum Gasteiger partial charge on any atom is 0.124 e. The van der Waals surface area contributed by atoms with Gasteiger partial charge in [-0.2, -0.15) is 0 Å². The molecule has 3 nitrogen and oxygen atoms in total. The van der Waals surface area contributed by atoms with Crippen molar-refractivity contribution >= 4 is 6.21 Å². The Bertz CT molecular complexity index is 390. The monoisotopic (exact) mass is 232 g/mol. The third-order valence-corrected chi connectivity index (χ3v) is 3.43. The normalized spacial score (nSPS) is 21.4. The van der Waals surface area contributed by atoms with Crippen LogP contribution in [0.4, 0.5) is 0 Å². The average Bonchev–Trinajstić information content (AvgIpc) is 2.73. The first-order valence-electron chi connectivity index (χ1n) is 6.25. The number of aromatic hydroxyl groups is 1. The number of phenols is 1. The summed E-state index contributed by atoms with van der Waals surface area (Å²) in [5.74, 6) is 0.300. The van der Waals surface area contributed by atoms with E-state index in [2.05, 4.69) is 16.9 Å². The second-order valence-electron chi connectivity index (χ2n) is 4.66. The van der Waals surface area contributed by atoms with Crippen LogP contribution >= 0.6 is 0 Å². The predicted octanol–water partition coefficient (Wildman–Crippen LogP) is 2.30. The highest BCUT2D eigenvalue weighted by molar-refractivity contribution is 5.83. The van der Waals surface area contributed by atoms with Gasteiger partial charge in [-0.25, -0.2) is 0 Å². The molecule has 1 aliphatic heterocycles. The fourth-order valence-corrected chi connectivity index (χ4v) is 2.33. The molecule has 1 unspecified atom stereocenters. The van der Waals surface area contributed by atoms with E-state index in [9.17, 15) is 5.11 Å². The van der Waals surface area contributed by atoms with Crippen molar-refractivity contribution in [1.29, 1.82) is 0 Å². The molecule has 1 saturated heterocycles. The van der Waals surface area contributed by atoms with Crippen LogP contribution in [0.1, 0.15) is 24.8 Å². The van der Waals surface area contributed by atoms with Gasteiger partial charge in [0.25, 0.3) is 0 Å². The highest BCUT2D eigenvalue weighted by Crippen LogP contribution is 2.17. The lowest BCUT2D eigenvalue weighted by atomic mass is 10.1. The number of hydrogen-bond acceptors (Lipinski definition) is 3. The van der Waals surface area contributed by atoms with E-state index >= 15 is 0 Å². The Kier molecular flexibility index (Phi) is 4.15. The summed E-state index contributed by atoms with van der Waals surface area (Å²) in [6, 6.07) is 7.98. The van der Waals surface area contributed by atoms with Crippen molar-refractivity contribution in [3.8, 4) is 5.75 Å². The first kappa shape index (κ1) is 12.1. The minimum Gasteiger partial charge on any atom is -0.507 e. The van der Waals surface area contributed by atoms with Gasteiger partial charge in [0.1, 0.15) is 5.75 Å². The number of hydrogen-bond donors (Lipinski definition) is 1. The minimum atomic E-state index is 0.300. The van der Waals surface area contributed by atoms with Crippen molar-refractivity contribution in [2.45, 2.75) is 25.3 Å². The predicted molar refractivity (Wildman–Crippen MR) is 70.8 cm³/mol. The first-order chi connectivity index (χ1) is 8.27. The van der Waals surface area contributed by atoms with Crippen LogP contribution in [-0.2, 0) is 0 Å². The molecular formula is C14H20N2O. The molecule has 1 aromatic carbocycles. The van der Waals surface area contributed by atoms with E-state index in [0.717, 1.165) is 18.5 Å². The van der Waals surface area contributed by atoms with E-state index in [1.165, 1.54) is 19.4 Å². The quantitative estimate of drug-likeness (QED) is 0.808. The summed E-state index contributed by atoms with van der Waals surface area (Å²) < 4.78 is 0. The molecule has 0 amide bonds. The van der Waals surface area contributed by atoms with Crippen molar-refractivity contribution in [1.82, 2.24) is 4.90 Å². The molecule has 1 aromatic rings. The van der Waals surface area contributed by atoms with Crippen molar-refractivity contribution in [2.75, 3.05) is 20.1 Å². The van der Waals surface area contributed by atoms with Crippen LogP contribution in [0.15, 0.2) is 29.3 Å². The lowest BCUT2D eigenvalue weighted by Gasteiger charge is -2.17. The van der Waals surface area contributed by atoms with Gasteiger partial charge < -0.3 is 10.0 Å². The molecule has 0 saturated carbocycles. The number of nitrogens with zero attached hydrogens (tertiary/aromatic N) is 2. The molecule has 1 aliphatic rings. The summed E-state index contributed by atoms with van der Waals surface area (Å²) >= 11 is 0. The summed E-state index contributed by atoms with van der Waals surface area (Å²) in [6.45, 7) is 2.05. The zero-order valence-corrected chi connectivity index (χ0v) is 10.3. The Morgan fingerprint density at radius 3 is 3.00 bits per heavy atom. The van der Waals surface area contributed by atoms with Gasteiger partial charge in [-0.3, -0.25) is 4.99 Å². The molecule has 1 heterocycles. The molecular weight excluding hydrogens is 212 g/mol. The minimum absolute atomic E-state index is 0.300. The third-order valence-electron chi connectivity index (χ3n) is 3.43. The lowest BCUT2D eigenvalue weighted by Crippen LogP contribution is -2.25. The van der Waals surface area contributed by atoms with Crippen LogP contribution in [-0.4, -0.2) is 42.4 Å². The van der Waals surface area contributed by atoms with Crippen molar-refractivity contribution in [2.24, 2.45) is 4.99 Å². The number of phenolic OH excluding ortho intramolecular Hbond substituents is 1. The molecule has 0 bridgehead atoms. The summed E-state index contributed by atoms with van der Waals surface area (Å²) in [5, 5.41) is 9.56. The third kappa shape index (κ3) is 3.30. The Hall–Kier alpha value is -1.35. The maximum absolute atomic E-state index is 9.56. The molecule has 17 heavy (non-hydrogen) atoms. The van der Waals surface area contributed by atoms with Crippen LogP contribution in [0.3, 0.4) is 0 Å². The second-order valence-corrected chi connectivity index (χ2v) is 4.66. The standard InChI is InChI=1S/C14H20N2O/c1-16-10-4-6-13(16)8-9-15-11-12-5-2-3-7-14(12)17/h2-3,5,7,11,13,17H,4,6,8-10H2,1H3. The van der Waals surface area contributed by atoms with Crippen molar-refractivity contribution in [3.63, 3.8) is 0 Å². The zero-order valence-electron chi connectivity index (χ0n) is 10.3. The molecule has 0 aromatic heterocycles. The van der Waals surface area contributed by atoms with Crippen molar-refractivity contribution in [3.05, 3.63) is 29.8 Å². The van der Waals surface area contributed by atoms with Gasteiger partial charge in [0.2, 0.25) is 0 Å². The maximum atomic E-state index is 9.56. The molecule has 1 fully saturated rings. The largest absolute Gasteiger partial charge is 0.507 e.